The Hall–Kier alpha value is -0.470. The Morgan fingerprint density at radius 3 is 2.94 bits per heavy atom. The summed E-state index contributed by atoms with van der Waals surface area (Å²) in [5.74, 6) is 2.07. The van der Waals surface area contributed by atoms with Gasteiger partial charge in [0.05, 0.1) is 0 Å². The summed E-state index contributed by atoms with van der Waals surface area (Å²) in [6, 6.07) is 7.17. The molecule has 0 bridgehead atoms. The maximum Gasteiger partial charge on any atom is 0.0139 e. The lowest BCUT2D eigenvalue weighted by atomic mass is 9.89. The van der Waals surface area contributed by atoms with Crippen LogP contribution in [0.2, 0.25) is 0 Å². The van der Waals surface area contributed by atoms with Gasteiger partial charge in [-0.05, 0) is 54.5 Å². The van der Waals surface area contributed by atoms with E-state index in [9.17, 15) is 0 Å². The number of hydrogen-bond acceptors (Lipinski definition) is 1. The van der Waals surface area contributed by atoms with E-state index < -0.39 is 0 Å². The minimum atomic E-state index is 0.773. The van der Waals surface area contributed by atoms with Gasteiger partial charge in [0.25, 0.3) is 0 Å². The summed E-state index contributed by atoms with van der Waals surface area (Å²) in [6.07, 6.45) is 5.15. The van der Waals surface area contributed by atoms with Crippen molar-refractivity contribution in [3.05, 3.63) is 29.3 Å². The summed E-state index contributed by atoms with van der Waals surface area (Å²) in [7, 11) is 0. The topological polar surface area (TPSA) is 14.1 Å². The van der Waals surface area contributed by atoms with Gasteiger partial charge < -0.3 is 0 Å². The van der Waals surface area contributed by atoms with Gasteiger partial charge in [0.2, 0.25) is 0 Å². The van der Waals surface area contributed by atoms with Crippen molar-refractivity contribution in [3.8, 4) is 0 Å². The second-order valence-electron chi connectivity index (χ2n) is 4.76. The van der Waals surface area contributed by atoms with Crippen LogP contribution in [0.5, 0.6) is 0 Å². The summed E-state index contributed by atoms with van der Waals surface area (Å²) in [4.78, 5) is 1.52. The van der Waals surface area contributed by atoms with Crippen molar-refractivity contribution in [1.29, 1.82) is 0 Å². The number of nitrogens with zero attached hydrogens (tertiary/aromatic N) is 1. The molecule has 0 aliphatic carbocycles. The van der Waals surface area contributed by atoms with Crippen LogP contribution in [0, 0.1) is 0 Å². The molecule has 1 radical (unpaired) electrons. The third-order valence-electron chi connectivity index (χ3n) is 3.68. The van der Waals surface area contributed by atoms with Gasteiger partial charge in [-0.1, -0.05) is 12.1 Å². The van der Waals surface area contributed by atoms with Crippen molar-refractivity contribution >= 4 is 11.8 Å². The highest BCUT2D eigenvalue weighted by atomic mass is 32.2. The number of thioether (sulfide) groups is 1. The summed E-state index contributed by atoms with van der Waals surface area (Å²) >= 11 is 2.03. The lowest BCUT2D eigenvalue weighted by Gasteiger charge is -2.24. The van der Waals surface area contributed by atoms with Crippen LogP contribution in [-0.4, -0.2) is 18.8 Å². The Labute approximate surface area is 102 Å². The van der Waals surface area contributed by atoms with E-state index in [0.717, 1.165) is 19.0 Å². The van der Waals surface area contributed by atoms with Gasteiger partial charge in [-0.25, -0.2) is 5.32 Å². The number of aryl methyl sites for hydroxylation is 1. The van der Waals surface area contributed by atoms with Crippen molar-refractivity contribution in [1.82, 2.24) is 5.32 Å². The highest BCUT2D eigenvalue weighted by molar-refractivity contribution is 7.99. The summed E-state index contributed by atoms with van der Waals surface area (Å²) < 4.78 is 0. The van der Waals surface area contributed by atoms with Gasteiger partial charge in [-0.3, -0.25) is 0 Å². The quantitative estimate of drug-likeness (QED) is 0.725. The first-order valence-corrected chi connectivity index (χ1v) is 7.31. The SMILES string of the molecule is c1cc2c(cc1C1CC[N]CC1)CCCS2. The lowest BCUT2D eigenvalue weighted by Crippen LogP contribution is -2.21. The van der Waals surface area contributed by atoms with Gasteiger partial charge in [-0.2, -0.15) is 0 Å². The van der Waals surface area contributed by atoms with E-state index >= 15 is 0 Å². The first kappa shape index (κ1) is 10.7. The van der Waals surface area contributed by atoms with Gasteiger partial charge in [0, 0.05) is 18.0 Å². The third kappa shape index (κ3) is 2.14. The highest BCUT2D eigenvalue weighted by Gasteiger charge is 2.18. The van der Waals surface area contributed by atoms with Crippen LogP contribution in [0.4, 0.5) is 0 Å². The van der Waals surface area contributed by atoms with E-state index in [2.05, 4.69) is 23.5 Å². The zero-order valence-electron chi connectivity index (χ0n) is 9.61. The van der Waals surface area contributed by atoms with E-state index in [1.807, 2.05) is 11.8 Å². The highest BCUT2D eigenvalue weighted by Crippen LogP contribution is 2.34. The predicted molar refractivity (Wildman–Crippen MR) is 69.3 cm³/mol. The zero-order valence-corrected chi connectivity index (χ0v) is 10.4. The molecule has 85 valence electrons. The van der Waals surface area contributed by atoms with E-state index in [4.69, 9.17) is 0 Å². The first-order chi connectivity index (χ1) is 7.93. The second-order valence-corrected chi connectivity index (χ2v) is 5.90. The molecule has 0 atom stereocenters. The fraction of sp³-hybridized carbons (Fsp3) is 0.571. The molecule has 1 nitrogen and oxygen atoms in total. The average Bonchev–Trinajstić information content (AvgIpc) is 2.39. The van der Waals surface area contributed by atoms with Crippen LogP contribution in [0.25, 0.3) is 0 Å². The molecule has 16 heavy (non-hydrogen) atoms. The maximum absolute atomic E-state index is 4.44. The molecule has 1 aromatic carbocycles. The molecule has 0 amide bonds. The fourth-order valence-corrected chi connectivity index (χ4v) is 3.74. The number of fused-ring (bicyclic) bond motifs is 1. The summed E-state index contributed by atoms with van der Waals surface area (Å²) in [5.41, 5.74) is 3.16. The molecule has 0 saturated carbocycles. The summed E-state index contributed by atoms with van der Waals surface area (Å²) in [6.45, 7) is 2.13. The average molecular weight is 232 g/mol. The van der Waals surface area contributed by atoms with E-state index in [-0.39, 0.29) is 0 Å². The van der Waals surface area contributed by atoms with E-state index in [0.29, 0.717) is 0 Å². The molecule has 0 aromatic heterocycles. The molecule has 3 rings (SSSR count). The molecule has 2 aliphatic heterocycles. The number of benzene rings is 1. The Bertz CT molecular complexity index is 369. The lowest BCUT2D eigenvalue weighted by molar-refractivity contribution is 0.453. The molecule has 1 saturated heterocycles. The predicted octanol–water partition coefficient (Wildman–Crippen LogP) is 3.21. The summed E-state index contributed by atoms with van der Waals surface area (Å²) in [5, 5.41) is 4.44. The molecular weight excluding hydrogens is 214 g/mol. The molecule has 0 unspecified atom stereocenters. The number of rotatable bonds is 1. The Balaban J connectivity index is 1.84. The van der Waals surface area contributed by atoms with Crippen LogP contribution < -0.4 is 5.32 Å². The Morgan fingerprint density at radius 1 is 1.19 bits per heavy atom. The third-order valence-corrected chi connectivity index (χ3v) is 4.88. The Morgan fingerprint density at radius 2 is 2.06 bits per heavy atom. The molecular formula is C14H18NS. The van der Waals surface area contributed by atoms with Gasteiger partial charge in [-0.15, -0.1) is 11.8 Å². The molecule has 2 heterocycles. The van der Waals surface area contributed by atoms with Gasteiger partial charge >= 0.3 is 0 Å². The van der Waals surface area contributed by atoms with Crippen molar-refractivity contribution in [2.45, 2.75) is 36.5 Å². The minimum absolute atomic E-state index is 0.773. The molecule has 2 heteroatoms. The van der Waals surface area contributed by atoms with E-state index in [1.54, 1.807) is 11.1 Å². The molecule has 0 spiro atoms. The van der Waals surface area contributed by atoms with Crippen molar-refractivity contribution in [2.24, 2.45) is 0 Å². The Kier molecular flexibility index (Phi) is 3.20. The standard InChI is InChI=1S/C14H18NS/c1-2-13-10-12(3-4-14(13)16-9-1)11-5-7-15-8-6-11/h3-4,10-11H,1-2,5-9H2. The van der Waals surface area contributed by atoms with Crippen LogP contribution >= 0.6 is 11.8 Å². The van der Waals surface area contributed by atoms with Crippen molar-refractivity contribution < 1.29 is 0 Å². The van der Waals surface area contributed by atoms with Crippen LogP contribution in [0.3, 0.4) is 0 Å². The van der Waals surface area contributed by atoms with E-state index in [1.165, 1.54) is 36.3 Å². The molecule has 1 fully saturated rings. The fourth-order valence-electron chi connectivity index (χ4n) is 2.72. The first-order valence-electron chi connectivity index (χ1n) is 6.32. The molecule has 2 aliphatic rings. The number of piperidine rings is 1. The molecule has 0 N–H and O–H groups in total. The van der Waals surface area contributed by atoms with Crippen LogP contribution in [-0.2, 0) is 6.42 Å². The van der Waals surface area contributed by atoms with Gasteiger partial charge in [0.1, 0.15) is 0 Å². The molecule has 1 aromatic rings. The van der Waals surface area contributed by atoms with Gasteiger partial charge in [0.15, 0.2) is 0 Å². The van der Waals surface area contributed by atoms with Crippen LogP contribution in [0.1, 0.15) is 36.3 Å². The normalized spacial score (nSPS) is 21.8. The largest absolute Gasteiger partial charge is 0.242 e. The van der Waals surface area contributed by atoms with Crippen LogP contribution in [0.15, 0.2) is 23.1 Å². The number of hydrogen-bond donors (Lipinski definition) is 0. The van der Waals surface area contributed by atoms with Crippen molar-refractivity contribution in [3.63, 3.8) is 0 Å². The zero-order chi connectivity index (χ0) is 10.8. The second kappa shape index (κ2) is 4.80. The maximum atomic E-state index is 4.44. The van der Waals surface area contributed by atoms with Crippen molar-refractivity contribution in [2.75, 3.05) is 18.8 Å². The monoisotopic (exact) mass is 232 g/mol. The smallest absolute Gasteiger partial charge is 0.0139 e. The minimum Gasteiger partial charge on any atom is -0.242 e.